The number of nitrogens with one attached hydrogen (secondary N) is 1. The van der Waals surface area contributed by atoms with Gasteiger partial charge >= 0.3 is 0 Å². The first-order chi connectivity index (χ1) is 7.89. The van der Waals surface area contributed by atoms with Crippen LogP contribution < -0.4 is 5.32 Å². The third-order valence-electron chi connectivity index (χ3n) is 4.62. The molecule has 0 saturated heterocycles. The lowest BCUT2D eigenvalue weighted by atomic mass is 9.63. The summed E-state index contributed by atoms with van der Waals surface area (Å²) < 4.78 is 6.00. The maximum Gasteiger partial charge on any atom is 0.0656 e. The molecular weight excluding hydrogens is 210 g/mol. The zero-order valence-corrected chi connectivity index (χ0v) is 12.1. The van der Waals surface area contributed by atoms with Gasteiger partial charge in [0.2, 0.25) is 0 Å². The zero-order valence-electron chi connectivity index (χ0n) is 12.1. The van der Waals surface area contributed by atoms with Crippen molar-refractivity contribution in [3.05, 3.63) is 0 Å². The molecule has 2 saturated carbocycles. The topological polar surface area (TPSA) is 21.3 Å². The monoisotopic (exact) mass is 239 g/mol. The molecule has 2 atom stereocenters. The van der Waals surface area contributed by atoms with Gasteiger partial charge in [-0.1, -0.05) is 34.6 Å². The van der Waals surface area contributed by atoms with E-state index in [1.807, 2.05) is 0 Å². The number of hydrogen-bond acceptors (Lipinski definition) is 2. The van der Waals surface area contributed by atoms with Gasteiger partial charge < -0.3 is 10.1 Å². The normalized spacial score (nSPS) is 39.9. The summed E-state index contributed by atoms with van der Waals surface area (Å²) in [5, 5.41) is 3.81. The van der Waals surface area contributed by atoms with Crippen LogP contribution in [0.4, 0.5) is 0 Å². The quantitative estimate of drug-likeness (QED) is 0.795. The van der Waals surface area contributed by atoms with Crippen LogP contribution in [0.2, 0.25) is 0 Å². The van der Waals surface area contributed by atoms with Crippen LogP contribution in [-0.4, -0.2) is 24.8 Å². The van der Waals surface area contributed by atoms with E-state index >= 15 is 0 Å². The summed E-state index contributed by atoms with van der Waals surface area (Å²) in [6.45, 7) is 12.4. The summed E-state index contributed by atoms with van der Waals surface area (Å²) in [6, 6.07) is 1.44. The Balaban J connectivity index is 1.72. The first kappa shape index (κ1) is 13.4. The minimum Gasteiger partial charge on any atom is -0.377 e. The van der Waals surface area contributed by atoms with Gasteiger partial charge in [-0.15, -0.1) is 0 Å². The Kier molecular flexibility index (Phi) is 3.84. The predicted molar refractivity (Wildman–Crippen MR) is 72.1 cm³/mol. The van der Waals surface area contributed by atoms with Crippen LogP contribution in [0.25, 0.3) is 0 Å². The molecule has 2 fully saturated rings. The maximum absolute atomic E-state index is 6.00. The van der Waals surface area contributed by atoms with Crippen LogP contribution in [0.15, 0.2) is 0 Å². The third-order valence-corrected chi connectivity index (χ3v) is 4.62. The highest BCUT2D eigenvalue weighted by atomic mass is 16.5. The van der Waals surface area contributed by atoms with E-state index in [1.54, 1.807) is 0 Å². The summed E-state index contributed by atoms with van der Waals surface area (Å²) in [5.41, 5.74) is 0.313. The minimum absolute atomic E-state index is 0.313. The van der Waals surface area contributed by atoms with E-state index in [4.69, 9.17) is 4.74 Å². The lowest BCUT2D eigenvalue weighted by Crippen LogP contribution is -2.64. The molecule has 0 heterocycles. The molecule has 100 valence electrons. The van der Waals surface area contributed by atoms with Crippen molar-refractivity contribution in [2.45, 2.75) is 72.1 Å². The van der Waals surface area contributed by atoms with Gasteiger partial charge in [0.05, 0.1) is 6.10 Å². The maximum atomic E-state index is 6.00. The third kappa shape index (κ3) is 2.85. The number of ether oxygens (including phenoxy) is 1. The van der Waals surface area contributed by atoms with E-state index in [1.165, 1.54) is 19.3 Å². The van der Waals surface area contributed by atoms with Crippen LogP contribution >= 0.6 is 0 Å². The Morgan fingerprint density at radius 3 is 2.35 bits per heavy atom. The van der Waals surface area contributed by atoms with Crippen LogP contribution in [0.3, 0.4) is 0 Å². The molecule has 0 radical (unpaired) electrons. The largest absolute Gasteiger partial charge is 0.377 e. The molecule has 0 aromatic rings. The minimum atomic E-state index is 0.313. The molecule has 0 spiro atoms. The summed E-state index contributed by atoms with van der Waals surface area (Å²) in [7, 11) is 0. The van der Waals surface area contributed by atoms with Crippen molar-refractivity contribution in [2.75, 3.05) is 6.61 Å². The van der Waals surface area contributed by atoms with Crippen LogP contribution in [0.5, 0.6) is 0 Å². The molecule has 2 unspecified atom stereocenters. The van der Waals surface area contributed by atoms with Crippen molar-refractivity contribution in [3.8, 4) is 0 Å². The zero-order chi connectivity index (χ0) is 12.6. The molecule has 1 N–H and O–H groups in total. The van der Waals surface area contributed by atoms with Crippen molar-refractivity contribution in [2.24, 2.45) is 17.3 Å². The fourth-order valence-electron chi connectivity index (χ4n) is 3.08. The highest BCUT2D eigenvalue weighted by Crippen LogP contribution is 2.44. The summed E-state index contributed by atoms with van der Waals surface area (Å²) in [4.78, 5) is 0. The van der Waals surface area contributed by atoms with Crippen molar-refractivity contribution in [1.29, 1.82) is 0 Å². The van der Waals surface area contributed by atoms with Gasteiger partial charge in [-0.25, -0.2) is 0 Å². The smallest absolute Gasteiger partial charge is 0.0656 e. The lowest BCUT2D eigenvalue weighted by Gasteiger charge is -2.54. The molecule has 0 amide bonds. The van der Waals surface area contributed by atoms with Gasteiger partial charge in [0.15, 0.2) is 0 Å². The van der Waals surface area contributed by atoms with Gasteiger partial charge in [-0.3, -0.25) is 0 Å². The van der Waals surface area contributed by atoms with E-state index in [2.05, 4.69) is 39.9 Å². The van der Waals surface area contributed by atoms with Crippen molar-refractivity contribution >= 4 is 0 Å². The van der Waals surface area contributed by atoms with E-state index in [-0.39, 0.29) is 0 Å². The Hall–Kier alpha value is -0.0800. The Morgan fingerprint density at radius 2 is 1.88 bits per heavy atom. The lowest BCUT2D eigenvalue weighted by molar-refractivity contribution is -0.128. The molecule has 2 aliphatic carbocycles. The molecule has 2 rings (SSSR count). The molecular formula is C15H29NO. The SMILES string of the molecule is CC(C)COC1CC(NC2CC(C)C2)C1(C)C. The molecule has 17 heavy (non-hydrogen) atoms. The fraction of sp³-hybridized carbons (Fsp3) is 1.00. The van der Waals surface area contributed by atoms with Gasteiger partial charge in [0.25, 0.3) is 0 Å². The van der Waals surface area contributed by atoms with E-state index in [9.17, 15) is 0 Å². The molecule has 0 aliphatic heterocycles. The Bertz CT molecular complexity index is 256. The first-order valence-corrected chi connectivity index (χ1v) is 7.27. The molecule has 2 nitrogen and oxygen atoms in total. The molecule has 0 aromatic carbocycles. The highest BCUT2D eigenvalue weighted by Gasteiger charge is 2.50. The molecule has 2 heteroatoms. The van der Waals surface area contributed by atoms with Crippen molar-refractivity contribution < 1.29 is 4.74 Å². The molecule has 0 aromatic heterocycles. The fourth-order valence-corrected chi connectivity index (χ4v) is 3.08. The van der Waals surface area contributed by atoms with Crippen LogP contribution in [0.1, 0.15) is 53.9 Å². The van der Waals surface area contributed by atoms with E-state index in [0.29, 0.717) is 23.5 Å². The van der Waals surface area contributed by atoms with E-state index < -0.39 is 0 Å². The van der Waals surface area contributed by atoms with Gasteiger partial charge in [0, 0.05) is 24.1 Å². The average Bonchev–Trinajstić information content (AvgIpc) is 2.18. The highest BCUT2D eigenvalue weighted by molar-refractivity contribution is 5.04. The predicted octanol–water partition coefficient (Wildman–Crippen LogP) is 3.21. The Labute approximate surface area is 107 Å². The molecule has 2 aliphatic rings. The van der Waals surface area contributed by atoms with E-state index in [0.717, 1.165) is 18.6 Å². The number of rotatable bonds is 5. The van der Waals surface area contributed by atoms with Crippen molar-refractivity contribution in [3.63, 3.8) is 0 Å². The first-order valence-electron chi connectivity index (χ1n) is 7.27. The second-order valence-electron chi connectivity index (χ2n) is 7.27. The van der Waals surface area contributed by atoms with Gasteiger partial charge in [0.1, 0.15) is 0 Å². The number of hydrogen-bond donors (Lipinski definition) is 1. The second kappa shape index (κ2) is 4.89. The second-order valence-corrected chi connectivity index (χ2v) is 7.27. The summed E-state index contributed by atoms with van der Waals surface area (Å²) in [5.74, 6) is 1.58. The average molecular weight is 239 g/mol. The summed E-state index contributed by atoms with van der Waals surface area (Å²) in [6.07, 6.45) is 4.39. The van der Waals surface area contributed by atoms with Crippen molar-refractivity contribution in [1.82, 2.24) is 5.32 Å². The molecule has 0 bridgehead atoms. The van der Waals surface area contributed by atoms with Crippen LogP contribution in [0, 0.1) is 17.3 Å². The van der Waals surface area contributed by atoms with Crippen LogP contribution in [-0.2, 0) is 4.74 Å². The standard InChI is InChI=1S/C15H29NO/c1-10(2)9-17-14-8-13(15(14,4)5)16-12-6-11(3)7-12/h10-14,16H,6-9H2,1-5H3. The van der Waals surface area contributed by atoms with Gasteiger partial charge in [-0.05, 0) is 31.1 Å². The Morgan fingerprint density at radius 1 is 1.24 bits per heavy atom. The summed E-state index contributed by atoms with van der Waals surface area (Å²) >= 11 is 0. The van der Waals surface area contributed by atoms with Gasteiger partial charge in [-0.2, -0.15) is 0 Å².